The van der Waals surface area contributed by atoms with Crippen LogP contribution in [-0.4, -0.2) is 63.7 Å². The van der Waals surface area contributed by atoms with Crippen LogP contribution in [0, 0.1) is 0 Å². The number of nitrogens with one attached hydrogen (secondary N) is 3. The summed E-state index contributed by atoms with van der Waals surface area (Å²) in [6.45, 7) is 1.84. The number of benzene rings is 4. The van der Waals surface area contributed by atoms with Crippen LogP contribution in [0.5, 0.6) is 5.75 Å². The number of amides is 2. The molecule has 0 aliphatic heterocycles. The Balaban J connectivity index is 1.56. The number of nitrogens with zero attached hydrogens (tertiary/aromatic N) is 1. The molecule has 3 unspecified atom stereocenters. The lowest BCUT2D eigenvalue weighted by Crippen LogP contribution is -2.48. The second kappa shape index (κ2) is 16.7. The Morgan fingerprint density at radius 1 is 0.840 bits per heavy atom. The molecule has 0 saturated heterocycles. The molecule has 0 radical (unpaired) electrons. The molecule has 0 spiro atoms. The largest absolute Gasteiger partial charge is 0.573 e. The number of alkyl halides is 3. The number of ether oxygens (including phenoxy) is 1. The Kier molecular flexibility index (Phi) is 12.6. The Labute approximate surface area is 289 Å². The Morgan fingerprint density at radius 2 is 1.42 bits per heavy atom. The third-order valence-corrected chi connectivity index (χ3v) is 9.05. The van der Waals surface area contributed by atoms with Crippen molar-refractivity contribution >= 4 is 27.5 Å². The van der Waals surface area contributed by atoms with Crippen LogP contribution in [0.25, 0.3) is 0 Å². The summed E-state index contributed by atoms with van der Waals surface area (Å²) in [4.78, 5) is 27.2. The third-order valence-electron chi connectivity index (χ3n) is 7.84. The maximum absolute atomic E-state index is 13.8. The summed E-state index contributed by atoms with van der Waals surface area (Å²) in [7, 11) is -2.47. The maximum Gasteiger partial charge on any atom is 0.573 e. The lowest BCUT2D eigenvalue weighted by atomic mass is 10.00. The second-order valence-electron chi connectivity index (χ2n) is 11.8. The van der Waals surface area contributed by atoms with Crippen LogP contribution in [0.4, 0.5) is 18.9 Å². The standard InChI is InChI=1S/C36H39F3N4O6S/c1-24(27-14-8-5-9-15-27)41-34(45)28-19-29(21-30(20-28)43(2)50(3,47)48)35(46)42-32(18-25-11-6-4-7-12-25)33(44)23-40-22-26-13-10-16-31(17-26)49-36(37,38)39/h4-17,19-21,24,32-33,40,44H,18,22-23H2,1-3H3,(H,41,45)(H,42,46). The highest BCUT2D eigenvalue weighted by atomic mass is 32.2. The Morgan fingerprint density at radius 3 is 2.02 bits per heavy atom. The van der Waals surface area contributed by atoms with Gasteiger partial charge >= 0.3 is 6.36 Å². The number of sulfonamides is 1. The lowest BCUT2D eigenvalue weighted by Gasteiger charge is -2.26. The van der Waals surface area contributed by atoms with Crippen molar-refractivity contribution in [2.75, 3.05) is 24.2 Å². The van der Waals surface area contributed by atoms with Crippen LogP contribution >= 0.6 is 0 Å². The van der Waals surface area contributed by atoms with Crippen LogP contribution in [0.2, 0.25) is 0 Å². The van der Waals surface area contributed by atoms with E-state index in [1.807, 2.05) is 48.5 Å². The van der Waals surface area contributed by atoms with Crippen molar-refractivity contribution in [3.8, 4) is 5.75 Å². The minimum absolute atomic E-state index is 0.0183. The number of hydrogen-bond acceptors (Lipinski definition) is 7. The van der Waals surface area contributed by atoms with Gasteiger partial charge in [-0.3, -0.25) is 13.9 Å². The molecular formula is C36H39F3N4O6S. The molecule has 14 heteroatoms. The van der Waals surface area contributed by atoms with Crippen molar-refractivity contribution in [2.24, 2.45) is 0 Å². The summed E-state index contributed by atoms with van der Waals surface area (Å²) < 4.78 is 67.8. The van der Waals surface area contributed by atoms with Crippen LogP contribution in [0.15, 0.2) is 103 Å². The van der Waals surface area contributed by atoms with E-state index in [1.54, 1.807) is 25.1 Å². The van der Waals surface area contributed by atoms with Gasteiger partial charge in [0.2, 0.25) is 10.0 Å². The number of halogens is 3. The van der Waals surface area contributed by atoms with Gasteiger partial charge in [-0.05, 0) is 60.4 Å². The first-order valence-corrected chi connectivity index (χ1v) is 17.5. The van der Waals surface area contributed by atoms with Crippen molar-refractivity contribution in [3.63, 3.8) is 0 Å². The first-order valence-electron chi connectivity index (χ1n) is 15.6. The number of rotatable bonds is 15. The van der Waals surface area contributed by atoms with E-state index in [4.69, 9.17) is 0 Å². The van der Waals surface area contributed by atoms with Crippen molar-refractivity contribution in [3.05, 3.63) is 131 Å². The smallest absolute Gasteiger partial charge is 0.406 e. The number of hydrogen-bond donors (Lipinski definition) is 4. The van der Waals surface area contributed by atoms with Crippen molar-refractivity contribution in [1.82, 2.24) is 16.0 Å². The van der Waals surface area contributed by atoms with E-state index >= 15 is 0 Å². The molecule has 0 aromatic heterocycles. The van der Waals surface area contributed by atoms with Crippen molar-refractivity contribution < 1.29 is 41.0 Å². The zero-order chi connectivity index (χ0) is 36.5. The summed E-state index contributed by atoms with van der Waals surface area (Å²) in [5.74, 6) is -1.58. The number of aliphatic hydroxyl groups is 1. The highest BCUT2D eigenvalue weighted by Crippen LogP contribution is 2.24. The number of carbonyl (C=O) groups is 2. The van der Waals surface area contributed by atoms with Gasteiger partial charge in [0.25, 0.3) is 11.8 Å². The van der Waals surface area contributed by atoms with Gasteiger partial charge < -0.3 is 25.8 Å². The third kappa shape index (κ3) is 11.3. The van der Waals surface area contributed by atoms with Crippen LogP contribution < -0.4 is 25.0 Å². The summed E-state index contributed by atoms with van der Waals surface area (Å²) in [5, 5.41) is 20.0. The van der Waals surface area contributed by atoms with E-state index < -0.39 is 46.4 Å². The zero-order valence-corrected chi connectivity index (χ0v) is 28.5. The van der Waals surface area contributed by atoms with Crippen LogP contribution in [-0.2, 0) is 23.0 Å². The molecule has 4 aromatic rings. The monoisotopic (exact) mass is 712 g/mol. The predicted octanol–water partition coefficient (Wildman–Crippen LogP) is 4.96. The zero-order valence-electron chi connectivity index (χ0n) is 27.6. The highest BCUT2D eigenvalue weighted by Gasteiger charge is 2.31. The molecule has 0 fully saturated rings. The molecule has 4 rings (SSSR count). The van der Waals surface area contributed by atoms with Crippen molar-refractivity contribution in [2.45, 2.75) is 44.4 Å². The summed E-state index contributed by atoms with van der Waals surface area (Å²) in [5.41, 5.74) is 2.23. The first kappa shape index (κ1) is 37.9. The maximum atomic E-state index is 13.8. The van der Waals surface area contributed by atoms with Gasteiger partial charge in [-0.1, -0.05) is 72.8 Å². The molecule has 50 heavy (non-hydrogen) atoms. The topological polar surface area (TPSA) is 137 Å². The SMILES string of the molecule is CC(NC(=O)c1cc(C(=O)NC(Cc2ccccc2)C(O)CNCc2cccc(OC(F)(F)F)c2)cc(N(C)S(C)(=O)=O)c1)c1ccccc1. The molecule has 0 aliphatic carbocycles. The quantitative estimate of drug-likeness (QED) is 0.137. The van der Waals surface area contributed by atoms with E-state index in [1.165, 1.54) is 43.4 Å². The second-order valence-corrected chi connectivity index (χ2v) is 13.8. The van der Waals surface area contributed by atoms with E-state index in [-0.39, 0.29) is 42.1 Å². The van der Waals surface area contributed by atoms with Crippen molar-refractivity contribution in [1.29, 1.82) is 0 Å². The van der Waals surface area contributed by atoms with Gasteiger partial charge in [0, 0.05) is 31.3 Å². The van der Waals surface area contributed by atoms with Gasteiger partial charge in [0.15, 0.2) is 0 Å². The molecule has 266 valence electrons. The summed E-state index contributed by atoms with van der Waals surface area (Å²) in [6.07, 6.45) is -4.81. The average Bonchev–Trinajstić information content (AvgIpc) is 3.07. The van der Waals surface area contributed by atoms with E-state index in [0.717, 1.165) is 21.7 Å². The fourth-order valence-corrected chi connectivity index (χ4v) is 5.60. The molecule has 0 heterocycles. The predicted molar refractivity (Wildman–Crippen MR) is 184 cm³/mol. The molecule has 4 N–H and O–H groups in total. The number of carbonyl (C=O) groups excluding carboxylic acids is 2. The molecule has 10 nitrogen and oxygen atoms in total. The molecule has 2 amide bonds. The minimum atomic E-state index is -4.84. The van der Waals surface area contributed by atoms with Gasteiger partial charge in [-0.2, -0.15) is 0 Å². The molecule has 4 aromatic carbocycles. The van der Waals surface area contributed by atoms with E-state index in [2.05, 4.69) is 20.7 Å². The normalized spacial score (nSPS) is 13.5. The average molecular weight is 713 g/mol. The van der Waals surface area contributed by atoms with Gasteiger partial charge in [-0.15, -0.1) is 13.2 Å². The molecule has 0 bridgehead atoms. The number of aliphatic hydroxyl groups excluding tert-OH is 1. The van der Waals surface area contributed by atoms with Gasteiger partial charge in [-0.25, -0.2) is 8.42 Å². The Hall–Kier alpha value is -4.92. The van der Waals surface area contributed by atoms with E-state index in [9.17, 15) is 36.3 Å². The number of anilines is 1. The van der Waals surface area contributed by atoms with Crippen LogP contribution in [0.1, 0.15) is 50.4 Å². The fraction of sp³-hybridized carbons (Fsp3) is 0.278. The fourth-order valence-electron chi connectivity index (χ4n) is 5.11. The highest BCUT2D eigenvalue weighted by molar-refractivity contribution is 7.92. The van der Waals surface area contributed by atoms with Gasteiger partial charge in [0.05, 0.1) is 30.1 Å². The molecular weight excluding hydrogens is 673 g/mol. The van der Waals surface area contributed by atoms with E-state index in [0.29, 0.717) is 5.56 Å². The minimum Gasteiger partial charge on any atom is -0.406 e. The molecule has 0 saturated carbocycles. The molecule has 0 aliphatic rings. The Bertz CT molecular complexity index is 1860. The first-order chi connectivity index (χ1) is 23.6. The lowest BCUT2D eigenvalue weighted by molar-refractivity contribution is -0.274. The summed E-state index contributed by atoms with van der Waals surface area (Å²) >= 11 is 0. The molecule has 3 atom stereocenters. The van der Waals surface area contributed by atoms with Gasteiger partial charge in [0.1, 0.15) is 5.75 Å². The summed E-state index contributed by atoms with van der Waals surface area (Å²) in [6, 6.07) is 26.5. The van der Waals surface area contributed by atoms with Crippen LogP contribution in [0.3, 0.4) is 0 Å².